The lowest BCUT2D eigenvalue weighted by Crippen LogP contribution is -2.48. The van der Waals surface area contributed by atoms with Crippen molar-refractivity contribution in [1.29, 1.82) is 5.26 Å². The number of hydrogen-bond donors (Lipinski definition) is 2. The van der Waals surface area contributed by atoms with Gasteiger partial charge in [0.2, 0.25) is 5.91 Å². The maximum absolute atomic E-state index is 14.2. The van der Waals surface area contributed by atoms with Crippen molar-refractivity contribution in [2.45, 2.75) is 57.1 Å². The monoisotopic (exact) mass is 345 g/mol. The van der Waals surface area contributed by atoms with Gasteiger partial charge >= 0.3 is 0 Å². The van der Waals surface area contributed by atoms with Crippen LogP contribution in [0.2, 0.25) is 0 Å². The van der Waals surface area contributed by atoms with Crippen LogP contribution in [0.3, 0.4) is 0 Å². The molecule has 0 heterocycles. The molecule has 1 unspecified atom stereocenters. The molecule has 0 saturated heterocycles. The molecule has 5 nitrogen and oxygen atoms in total. The van der Waals surface area contributed by atoms with Crippen LogP contribution in [0.25, 0.3) is 0 Å². The van der Waals surface area contributed by atoms with E-state index in [0.29, 0.717) is 5.69 Å². The number of carbonyl (C=O) groups excluding carboxylic acids is 1. The molecule has 6 heteroatoms. The molecule has 1 aromatic carbocycles. The maximum atomic E-state index is 14.2. The third-order valence-corrected chi connectivity index (χ3v) is 5.01. The summed E-state index contributed by atoms with van der Waals surface area (Å²) < 4.78 is 19.8. The van der Waals surface area contributed by atoms with Gasteiger partial charge in [0.25, 0.3) is 0 Å². The van der Waals surface area contributed by atoms with Crippen molar-refractivity contribution >= 4 is 11.6 Å². The molecule has 2 saturated carbocycles. The number of halogens is 1. The van der Waals surface area contributed by atoms with Crippen molar-refractivity contribution in [2.75, 3.05) is 11.9 Å². The summed E-state index contributed by atoms with van der Waals surface area (Å²) >= 11 is 0. The Hall–Kier alpha value is -2.29. The zero-order valence-electron chi connectivity index (χ0n) is 14.5. The Labute approximate surface area is 147 Å². The molecule has 2 aliphatic rings. The summed E-state index contributed by atoms with van der Waals surface area (Å²) in [7, 11) is 0. The van der Waals surface area contributed by atoms with E-state index in [1.807, 2.05) is 0 Å². The number of hydrogen-bond acceptors (Lipinski definition) is 4. The van der Waals surface area contributed by atoms with E-state index >= 15 is 0 Å². The molecular formula is C19H24FN3O2. The number of nitrogens with one attached hydrogen (secondary N) is 2. The third-order valence-electron chi connectivity index (χ3n) is 5.01. The number of ether oxygens (including phenoxy) is 1. The first-order valence-corrected chi connectivity index (χ1v) is 8.92. The predicted octanol–water partition coefficient (Wildman–Crippen LogP) is 3.37. The number of amides is 1. The van der Waals surface area contributed by atoms with Gasteiger partial charge in [-0.05, 0) is 63.5 Å². The minimum Gasteiger partial charge on any atom is -0.487 e. The summed E-state index contributed by atoms with van der Waals surface area (Å²) in [4.78, 5) is 12.1. The Bertz CT molecular complexity index is 678. The van der Waals surface area contributed by atoms with E-state index in [9.17, 15) is 14.4 Å². The first-order chi connectivity index (χ1) is 12.0. The molecule has 1 atom stereocenters. The molecular weight excluding hydrogens is 321 g/mol. The number of carbonyl (C=O) groups is 1. The Morgan fingerprint density at radius 2 is 2.08 bits per heavy atom. The molecule has 0 spiro atoms. The summed E-state index contributed by atoms with van der Waals surface area (Å²) in [5, 5.41) is 14.9. The average Bonchev–Trinajstić information content (AvgIpc) is 3.34. The molecule has 2 aliphatic carbocycles. The minimum absolute atomic E-state index is 0.00768. The summed E-state index contributed by atoms with van der Waals surface area (Å²) in [6.07, 6.45) is 6.23. The van der Waals surface area contributed by atoms with Crippen LogP contribution in [0.1, 0.15) is 45.4 Å². The molecule has 3 rings (SSSR count). The van der Waals surface area contributed by atoms with Crippen molar-refractivity contribution in [1.82, 2.24) is 5.32 Å². The van der Waals surface area contributed by atoms with E-state index in [1.54, 1.807) is 19.1 Å². The molecule has 2 fully saturated rings. The highest BCUT2D eigenvalue weighted by Gasteiger charge is 2.42. The van der Waals surface area contributed by atoms with E-state index in [-0.39, 0.29) is 30.2 Å². The summed E-state index contributed by atoms with van der Waals surface area (Å²) in [5.74, 6) is -0.224. The highest BCUT2D eigenvalue weighted by atomic mass is 19.1. The lowest BCUT2D eigenvalue weighted by atomic mass is 9.98. The fourth-order valence-electron chi connectivity index (χ4n) is 3.29. The van der Waals surface area contributed by atoms with Crippen LogP contribution in [0.4, 0.5) is 10.1 Å². The van der Waals surface area contributed by atoms with Crippen LogP contribution in [0, 0.1) is 23.1 Å². The fourth-order valence-corrected chi connectivity index (χ4v) is 3.29. The first-order valence-electron chi connectivity index (χ1n) is 8.92. The van der Waals surface area contributed by atoms with Crippen molar-refractivity contribution in [3.05, 3.63) is 24.0 Å². The van der Waals surface area contributed by atoms with Gasteiger partial charge in [0.15, 0.2) is 11.6 Å². The van der Waals surface area contributed by atoms with Crippen LogP contribution in [-0.4, -0.2) is 24.1 Å². The molecule has 0 radical (unpaired) electrons. The van der Waals surface area contributed by atoms with Gasteiger partial charge in [-0.1, -0.05) is 0 Å². The molecule has 1 aromatic rings. The van der Waals surface area contributed by atoms with Gasteiger partial charge < -0.3 is 15.4 Å². The first kappa shape index (κ1) is 17.5. The van der Waals surface area contributed by atoms with Crippen LogP contribution in [0.15, 0.2) is 18.2 Å². The van der Waals surface area contributed by atoms with E-state index in [1.165, 1.54) is 6.07 Å². The zero-order valence-corrected chi connectivity index (χ0v) is 14.5. The Morgan fingerprint density at radius 3 is 2.68 bits per heavy atom. The van der Waals surface area contributed by atoms with Crippen LogP contribution >= 0.6 is 0 Å². The van der Waals surface area contributed by atoms with E-state index in [2.05, 4.69) is 16.7 Å². The lowest BCUT2D eigenvalue weighted by molar-refractivity contribution is -0.120. The average molecular weight is 345 g/mol. The third kappa shape index (κ3) is 4.41. The van der Waals surface area contributed by atoms with Gasteiger partial charge in [0.05, 0.1) is 18.7 Å². The molecule has 25 heavy (non-hydrogen) atoms. The fraction of sp³-hybridized carbons (Fsp3) is 0.579. The molecule has 2 N–H and O–H groups in total. The summed E-state index contributed by atoms with van der Waals surface area (Å²) in [6.45, 7) is 1.74. The van der Waals surface area contributed by atoms with Gasteiger partial charge in [-0.2, -0.15) is 5.26 Å². The number of nitriles is 1. The molecule has 1 amide bonds. The molecule has 0 aromatic heterocycles. The zero-order chi connectivity index (χ0) is 17.9. The van der Waals surface area contributed by atoms with E-state index < -0.39 is 11.4 Å². The predicted molar refractivity (Wildman–Crippen MR) is 92.7 cm³/mol. The van der Waals surface area contributed by atoms with Gasteiger partial charge in [0.1, 0.15) is 5.54 Å². The summed E-state index contributed by atoms with van der Waals surface area (Å²) in [5.41, 5.74) is -0.306. The normalized spacial score (nSPS) is 19.7. The van der Waals surface area contributed by atoms with Crippen LogP contribution in [0.5, 0.6) is 5.75 Å². The quantitative estimate of drug-likeness (QED) is 0.794. The van der Waals surface area contributed by atoms with Crippen molar-refractivity contribution in [2.24, 2.45) is 5.92 Å². The second-order valence-corrected chi connectivity index (χ2v) is 7.16. The number of nitrogens with zero attached hydrogens (tertiary/aromatic N) is 1. The van der Waals surface area contributed by atoms with Crippen molar-refractivity contribution < 1.29 is 13.9 Å². The second-order valence-electron chi connectivity index (χ2n) is 7.16. The second kappa shape index (κ2) is 7.30. The molecule has 134 valence electrons. The SMILES string of the molecule is CC(C#N)(NC(=O)CNc1ccc(OC2CCCC2)c(F)c1)C1CC1. The van der Waals surface area contributed by atoms with Gasteiger partial charge in [0, 0.05) is 11.8 Å². The number of rotatable bonds is 7. The Morgan fingerprint density at radius 1 is 1.36 bits per heavy atom. The van der Waals surface area contributed by atoms with Crippen molar-refractivity contribution in [3.63, 3.8) is 0 Å². The topological polar surface area (TPSA) is 74.2 Å². The van der Waals surface area contributed by atoms with Gasteiger partial charge in [-0.25, -0.2) is 4.39 Å². The Balaban J connectivity index is 1.51. The standard InChI is InChI=1S/C19H24FN3O2/c1-19(12-21,13-6-7-13)23-18(24)11-22-14-8-9-17(16(20)10-14)25-15-4-2-3-5-15/h8-10,13,15,22H,2-7,11H2,1H3,(H,23,24). The largest absolute Gasteiger partial charge is 0.487 e. The summed E-state index contributed by atoms with van der Waals surface area (Å²) in [6, 6.07) is 6.81. The van der Waals surface area contributed by atoms with E-state index in [4.69, 9.17) is 4.74 Å². The number of benzene rings is 1. The van der Waals surface area contributed by atoms with Gasteiger partial charge in [-0.3, -0.25) is 4.79 Å². The van der Waals surface area contributed by atoms with Crippen LogP contribution in [-0.2, 0) is 4.79 Å². The Kier molecular flexibility index (Phi) is 5.12. The lowest BCUT2D eigenvalue weighted by Gasteiger charge is -2.23. The maximum Gasteiger partial charge on any atom is 0.240 e. The highest BCUT2D eigenvalue weighted by molar-refractivity contribution is 5.82. The smallest absolute Gasteiger partial charge is 0.240 e. The molecule has 0 aliphatic heterocycles. The van der Waals surface area contributed by atoms with Gasteiger partial charge in [-0.15, -0.1) is 0 Å². The number of anilines is 1. The van der Waals surface area contributed by atoms with E-state index in [0.717, 1.165) is 38.5 Å². The van der Waals surface area contributed by atoms with Crippen molar-refractivity contribution in [3.8, 4) is 11.8 Å². The minimum atomic E-state index is -0.816. The highest BCUT2D eigenvalue weighted by Crippen LogP contribution is 2.39. The van der Waals surface area contributed by atoms with Crippen LogP contribution < -0.4 is 15.4 Å². The molecule has 0 bridgehead atoms.